The lowest BCUT2D eigenvalue weighted by atomic mass is 9.99. The van der Waals surface area contributed by atoms with Crippen molar-refractivity contribution < 1.29 is 52.6 Å². The van der Waals surface area contributed by atoms with Gasteiger partial charge in [0.2, 0.25) is 16.3 Å². The number of carbonyl (C=O) groups is 1. The van der Waals surface area contributed by atoms with E-state index in [1.807, 2.05) is 38.1 Å². The smallest absolute Gasteiger partial charge is 0.335 e. The van der Waals surface area contributed by atoms with Crippen LogP contribution in [0.1, 0.15) is 19.4 Å². The molecule has 1 aliphatic heterocycles. The molecule has 13 nitrogen and oxygen atoms in total. The van der Waals surface area contributed by atoms with E-state index < -0.39 is 51.6 Å². The van der Waals surface area contributed by atoms with Crippen LogP contribution in [-0.2, 0) is 26.0 Å². The minimum absolute atomic E-state index is 0.0905. The van der Waals surface area contributed by atoms with Gasteiger partial charge in [0.1, 0.15) is 35.6 Å². The van der Waals surface area contributed by atoms with Crippen LogP contribution in [0.5, 0.6) is 17.2 Å². The van der Waals surface area contributed by atoms with Crippen molar-refractivity contribution in [3.8, 4) is 17.2 Å². The topological polar surface area (TPSA) is 207 Å². The number of aliphatic carboxylic acids is 1. The van der Waals surface area contributed by atoms with E-state index in [1.165, 1.54) is 12.1 Å². The lowest BCUT2D eigenvalue weighted by Crippen LogP contribution is -2.61. The molecule has 0 radical (unpaired) electrons. The van der Waals surface area contributed by atoms with Gasteiger partial charge in [-0.25, -0.2) is 18.4 Å². The van der Waals surface area contributed by atoms with E-state index >= 15 is 0 Å². The van der Waals surface area contributed by atoms with Crippen LogP contribution in [0.2, 0.25) is 0 Å². The largest absolute Gasteiger partial charge is 0.490 e. The third-order valence-corrected chi connectivity index (χ3v) is 6.85. The average Bonchev–Trinajstić information content (AvgIpc) is 2.88. The Morgan fingerprint density at radius 1 is 1.05 bits per heavy atom. The van der Waals surface area contributed by atoms with Gasteiger partial charge in [-0.1, -0.05) is 18.2 Å². The van der Waals surface area contributed by atoms with Gasteiger partial charge in [-0.05, 0) is 50.1 Å². The highest BCUT2D eigenvalue weighted by Crippen LogP contribution is 2.30. The first kappa shape index (κ1) is 30.6. The molecule has 216 valence electrons. The summed E-state index contributed by atoms with van der Waals surface area (Å²) in [7, 11) is -4.32. The second-order valence-electron chi connectivity index (χ2n) is 8.97. The fraction of sp³-hybridized carbons (Fsp3) is 0.480. The number of nitrogens with one attached hydrogen (secondary N) is 1. The van der Waals surface area contributed by atoms with Crippen LogP contribution >= 0.6 is 0 Å². The van der Waals surface area contributed by atoms with Crippen LogP contribution in [0, 0.1) is 0 Å². The molecule has 0 saturated carbocycles. The summed E-state index contributed by atoms with van der Waals surface area (Å²) in [5.41, 5.74) is 0.595. The van der Waals surface area contributed by atoms with E-state index in [2.05, 4.69) is 5.32 Å². The number of carboxylic acid groups (broad SMARTS) is 1. The molecule has 6 atom stereocenters. The molecule has 39 heavy (non-hydrogen) atoms. The van der Waals surface area contributed by atoms with Gasteiger partial charge in [0, 0.05) is 12.6 Å². The monoisotopic (exact) mass is 570 g/mol. The van der Waals surface area contributed by atoms with E-state index in [4.69, 9.17) is 24.1 Å². The number of hydrogen-bond donors (Lipinski definition) is 6. The van der Waals surface area contributed by atoms with Crippen molar-refractivity contribution in [1.82, 2.24) is 5.32 Å². The molecule has 0 aliphatic carbocycles. The van der Waals surface area contributed by atoms with Gasteiger partial charge in [-0.15, -0.1) is 0 Å². The first-order valence-electron chi connectivity index (χ1n) is 12.2. The summed E-state index contributed by atoms with van der Waals surface area (Å²) in [6, 6.07) is 11.4. The van der Waals surface area contributed by atoms with Crippen LogP contribution in [0.3, 0.4) is 0 Å². The van der Waals surface area contributed by atoms with Crippen molar-refractivity contribution in [2.24, 2.45) is 5.14 Å². The van der Waals surface area contributed by atoms with Crippen molar-refractivity contribution >= 4 is 16.0 Å². The van der Waals surface area contributed by atoms with Crippen molar-refractivity contribution in [2.45, 2.75) is 61.9 Å². The van der Waals surface area contributed by atoms with Gasteiger partial charge in [-0.3, -0.25) is 0 Å². The lowest BCUT2D eigenvalue weighted by molar-refractivity contribution is -0.271. The number of primary sulfonamides is 1. The van der Waals surface area contributed by atoms with E-state index in [-0.39, 0.29) is 11.8 Å². The fourth-order valence-corrected chi connectivity index (χ4v) is 4.72. The molecule has 2 aromatic carbocycles. The van der Waals surface area contributed by atoms with Crippen LogP contribution in [0.15, 0.2) is 47.4 Å². The summed E-state index contributed by atoms with van der Waals surface area (Å²) in [6.07, 6.45) is -8.98. The molecule has 0 bridgehead atoms. The standard InChI is InChI=1S/C25H34N2O11S/c1-3-35-16-6-4-5-7-17(16)36-11-10-27-14(2)12-15-8-9-18(19(13-15)39(26,33)34)37-25-22(30)20(28)21(29)23(38-25)24(31)32/h4-9,13-14,20-23,25,27-30H,3,10-12H2,1-2H3,(H,31,32)(H2,26,33,34)/t14-,20+,21+,22-,23+,25-/m1/s1. The summed E-state index contributed by atoms with van der Waals surface area (Å²) in [6.45, 7) is 5.17. The Morgan fingerprint density at radius 2 is 1.72 bits per heavy atom. The first-order chi connectivity index (χ1) is 18.4. The van der Waals surface area contributed by atoms with E-state index in [0.717, 1.165) is 0 Å². The Morgan fingerprint density at radius 3 is 2.33 bits per heavy atom. The van der Waals surface area contributed by atoms with Gasteiger partial charge in [-0.2, -0.15) is 0 Å². The molecule has 2 aromatic rings. The van der Waals surface area contributed by atoms with Crippen molar-refractivity contribution in [2.75, 3.05) is 19.8 Å². The second-order valence-corrected chi connectivity index (χ2v) is 10.5. The zero-order chi connectivity index (χ0) is 28.7. The Kier molecular flexibility index (Phi) is 10.5. The van der Waals surface area contributed by atoms with E-state index in [0.29, 0.717) is 43.2 Å². The molecular weight excluding hydrogens is 536 g/mol. The normalized spacial score (nSPS) is 24.1. The highest BCUT2D eigenvalue weighted by Gasteiger charge is 2.48. The summed E-state index contributed by atoms with van der Waals surface area (Å²) in [4.78, 5) is 10.9. The highest BCUT2D eigenvalue weighted by atomic mass is 32.2. The SMILES string of the molecule is CCOc1ccccc1OCCN[C@H](C)Cc1ccc(O[C@@H]2O[C@H](C(=O)O)[C@@H](O)[C@H](O)[C@H]2O)c(S(N)(=O)=O)c1. The Balaban J connectivity index is 1.64. The average molecular weight is 571 g/mol. The summed E-state index contributed by atoms with van der Waals surface area (Å²) >= 11 is 0. The number of nitrogens with two attached hydrogens (primary N) is 1. The molecule has 0 aromatic heterocycles. The van der Waals surface area contributed by atoms with Crippen LogP contribution in [0.25, 0.3) is 0 Å². The van der Waals surface area contributed by atoms with Crippen molar-refractivity contribution in [3.05, 3.63) is 48.0 Å². The number of aliphatic hydroxyl groups excluding tert-OH is 3. The molecule has 14 heteroatoms. The van der Waals surface area contributed by atoms with Crippen molar-refractivity contribution in [3.63, 3.8) is 0 Å². The Hall–Kier alpha value is -2.98. The Labute approximate surface area is 226 Å². The Bertz CT molecular complexity index is 1230. The number of hydrogen-bond acceptors (Lipinski definition) is 11. The molecule has 1 fully saturated rings. The van der Waals surface area contributed by atoms with Crippen LogP contribution < -0.4 is 24.7 Å². The van der Waals surface area contributed by atoms with Gasteiger partial charge >= 0.3 is 5.97 Å². The molecule has 1 heterocycles. The third-order valence-electron chi connectivity index (χ3n) is 5.91. The fourth-order valence-electron chi connectivity index (χ4n) is 4.01. The van der Waals surface area contributed by atoms with Gasteiger partial charge in [0.05, 0.1) is 6.61 Å². The molecule has 0 unspecified atom stereocenters. The molecule has 0 spiro atoms. The second kappa shape index (κ2) is 13.4. The van der Waals surface area contributed by atoms with Gasteiger partial charge in [0.15, 0.2) is 17.6 Å². The number of sulfonamides is 1. The maximum atomic E-state index is 12.3. The van der Waals surface area contributed by atoms with Gasteiger partial charge in [0.25, 0.3) is 0 Å². The minimum atomic E-state index is -4.32. The summed E-state index contributed by atoms with van der Waals surface area (Å²) in [5, 5.41) is 47.9. The van der Waals surface area contributed by atoms with E-state index in [9.17, 15) is 33.6 Å². The number of carboxylic acids is 1. The highest BCUT2D eigenvalue weighted by molar-refractivity contribution is 7.89. The number of para-hydroxylation sites is 2. The molecule has 1 saturated heterocycles. The number of ether oxygens (including phenoxy) is 4. The molecular formula is C25H34N2O11S. The van der Waals surface area contributed by atoms with E-state index in [1.54, 1.807) is 6.07 Å². The van der Waals surface area contributed by atoms with Gasteiger partial charge < -0.3 is 44.7 Å². The third kappa shape index (κ3) is 8.02. The zero-order valence-electron chi connectivity index (χ0n) is 21.5. The number of benzene rings is 2. The number of aliphatic hydroxyl groups is 3. The predicted molar refractivity (Wildman–Crippen MR) is 137 cm³/mol. The van der Waals surface area contributed by atoms with Crippen LogP contribution in [0.4, 0.5) is 0 Å². The molecule has 7 N–H and O–H groups in total. The minimum Gasteiger partial charge on any atom is -0.490 e. The molecule has 3 rings (SSSR count). The number of rotatable bonds is 13. The molecule has 1 aliphatic rings. The maximum absolute atomic E-state index is 12.3. The maximum Gasteiger partial charge on any atom is 0.335 e. The molecule has 0 amide bonds. The first-order valence-corrected chi connectivity index (χ1v) is 13.8. The van der Waals surface area contributed by atoms with Crippen molar-refractivity contribution in [1.29, 1.82) is 0 Å². The predicted octanol–water partition coefficient (Wildman–Crippen LogP) is -0.397. The summed E-state index contributed by atoms with van der Waals surface area (Å²) in [5.74, 6) is -0.637. The zero-order valence-corrected chi connectivity index (χ0v) is 22.3. The van der Waals surface area contributed by atoms with Crippen LogP contribution in [-0.4, -0.2) is 91.3 Å². The quantitative estimate of drug-likeness (QED) is 0.170. The lowest BCUT2D eigenvalue weighted by Gasteiger charge is -2.38. The summed E-state index contributed by atoms with van der Waals surface area (Å²) < 4.78 is 46.4.